The fourth-order valence-electron chi connectivity index (χ4n) is 5.67. The summed E-state index contributed by atoms with van der Waals surface area (Å²) in [6.07, 6.45) is 9.33. The lowest BCUT2D eigenvalue weighted by Gasteiger charge is -2.53. The molecule has 3 unspecified atom stereocenters. The van der Waals surface area contributed by atoms with Crippen LogP contribution in [0.25, 0.3) is 6.08 Å². The van der Waals surface area contributed by atoms with E-state index in [0.717, 1.165) is 56.6 Å². The molecule has 174 valence electrons. The van der Waals surface area contributed by atoms with E-state index in [9.17, 15) is 9.90 Å². The zero-order chi connectivity index (χ0) is 23.3. The van der Waals surface area contributed by atoms with Gasteiger partial charge in [0.2, 0.25) is 5.91 Å². The Morgan fingerprint density at radius 3 is 2.91 bits per heavy atom. The molecule has 2 aromatic rings. The van der Waals surface area contributed by atoms with Crippen LogP contribution < -0.4 is 10.1 Å². The van der Waals surface area contributed by atoms with Crippen molar-refractivity contribution in [3.8, 4) is 11.5 Å². The number of rotatable bonds is 7. The number of ether oxygens (including phenoxy) is 1. The van der Waals surface area contributed by atoms with Gasteiger partial charge in [-0.25, -0.2) is 0 Å². The standard InChI is InChI=1S/C28H34N2O3/c1-3-15-30-16-14-28(22-7-5-9-26(18-22)33-2)19-24(12-11-23(28)20-30)29-27(32)13-10-21-6-4-8-25(31)17-21/h3-10,13,17-18,23-24,31H,1,11-12,14-16,19-20H2,2H3,(H,29,32)/b13-10+. The van der Waals surface area contributed by atoms with Gasteiger partial charge in [0.05, 0.1) is 7.11 Å². The van der Waals surface area contributed by atoms with E-state index in [1.165, 1.54) is 5.56 Å². The summed E-state index contributed by atoms with van der Waals surface area (Å²) >= 11 is 0. The van der Waals surface area contributed by atoms with E-state index in [1.807, 2.05) is 18.2 Å². The zero-order valence-electron chi connectivity index (χ0n) is 19.4. The number of phenolic OH excluding ortho intramolecular Hbond substituents is 1. The highest BCUT2D eigenvalue weighted by Crippen LogP contribution is 2.49. The number of hydrogen-bond donors (Lipinski definition) is 2. The van der Waals surface area contributed by atoms with Crippen LogP contribution in [0.3, 0.4) is 0 Å². The Hall–Kier alpha value is -3.05. The number of likely N-dealkylation sites (tertiary alicyclic amines) is 1. The third-order valence-electron chi connectivity index (χ3n) is 7.28. The van der Waals surface area contributed by atoms with E-state index in [1.54, 1.807) is 37.5 Å². The van der Waals surface area contributed by atoms with Gasteiger partial charge in [0, 0.05) is 30.6 Å². The van der Waals surface area contributed by atoms with Crippen molar-refractivity contribution in [3.63, 3.8) is 0 Å². The van der Waals surface area contributed by atoms with Crippen molar-refractivity contribution >= 4 is 12.0 Å². The summed E-state index contributed by atoms with van der Waals surface area (Å²) in [5, 5.41) is 12.9. The lowest BCUT2D eigenvalue weighted by Crippen LogP contribution is -2.56. The zero-order valence-corrected chi connectivity index (χ0v) is 19.4. The van der Waals surface area contributed by atoms with Crippen LogP contribution in [0.1, 0.15) is 36.8 Å². The van der Waals surface area contributed by atoms with Crippen molar-refractivity contribution < 1.29 is 14.6 Å². The second-order valence-corrected chi connectivity index (χ2v) is 9.30. The van der Waals surface area contributed by atoms with Crippen LogP contribution in [0.15, 0.2) is 67.3 Å². The van der Waals surface area contributed by atoms with E-state index < -0.39 is 0 Å². The summed E-state index contributed by atoms with van der Waals surface area (Å²) in [5.74, 6) is 1.52. The number of carbonyl (C=O) groups is 1. The van der Waals surface area contributed by atoms with Gasteiger partial charge in [-0.1, -0.05) is 30.3 Å². The molecule has 0 bridgehead atoms. The van der Waals surface area contributed by atoms with Crippen LogP contribution in [0.2, 0.25) is 0 Å². The van der Waals surface area contributed by atoms with Crippen LogP contribution in [0.5, 0.6) is 11.5 Å². The Morgan fingerprint density at radius 1 is 1.27 bits per heavy atom. The Kier molecular flexibility index (Phi) is 7.19. The first-order valence-corrected chi connectivity index (χ1v) is 11.8. The van der Waals surface area contributed by atoms with Crippen LogP contribution in [0.4, 0.5) is 0 Å². The van der Waals surface area contributed by atoms with E-state index in [4.69, 9.17) is 4.74 Å². The molecule has 4 rings (SSSR count). The van der Waals surface area contributed by atoms with Gasteiger partial charge in [0.1, 0.15) is 11.5 Å². The van der Waals surface area contributed by atoms with E-state index >= 15 is 0 Å². The summed E-state index contributed by atoms with van der Waals surface area (Å²) in [5.41, 5.74) is 2.15. The number of piperidine rings is 1. The molecule has 5 heteroatoms. The molecule has 1 aliphatic carbocycles. The van der Waals surface area contributed by atoms with Gasteiger partial charge in [0.15, 0.2) is 0 Å². The molecular formula is C28H34N2O3. The summed E-state index contributed by atoms with van der Waals surface area (Å²) in [7, 11) is 1.71. The van der Waals surface area contributed by atoms with E-state index in [-0.39, 0.29) is 23.1 Å². The van der Waals surface area contributed by atoms with Gasteiger partial charge >= 0.3 is 0 Å². The number of nitrogens with zero attached hydrogens (tertiary/aromatic N) is 1. The highest BCUT2D eigenvalue weighted by Gasteiger charge is 2.48. The van der Waals surface area contributed by atoms with Crippen LogP contribution in [-0.4, -0.2) is 48.7 Å². The third-order valence-corrected chi connectivity index (χ3v) is 7.28. The average molecular weight is 447 g/mol. The maximum absolute atomic E-state index is 12.7. The smallest absolute Gasteiger partial charge is 0.244 e. The fourth-order valence-corrected chi connectivity index (χ4v) is 5.67. The average Bonchev–Trinajstić information content (AvgIpc) is 2.83. The molecule has 2 aliphatic rings. The molecule has 2 aromatic carbocycles. The van der Waals surface area contributed by atoms with Gasteiger partial charge in [-0.3, -0.25) is 9.69 Å². The second kappa shape index (κ2) is 10.3. The van der Waals surface area contributed by atoms with Crippen molar-refractivity contribution in [3.05, 3.63) is 78.4 Å². The van der Waals surface area contributed by atoms with E-state index in [0.29, 0.717) is 5.92 Å². The van der Waals surface area contributed by atoms with Crippen molar-refractivity contribution in [2.45, 2.75) is 37.1 Å². The highest BCUT2D eigenvalue weighted by molar-refractivity contribution is 5.92. The Labute approximate surface area is 196 Å². The Bertz CT molecular complexity index is 1020. The minimum atomic E-state index is -0.0910. The number of amides is 1. The lowest BCUT2D eigenvalue weighted by atomic mass is 9.58. The minimum absolute atomic E-state index is 0.0251. The largest absolute Gasteiger partial charge is 0.508 e. The predicted octanol–water partition coefficient (Wildman–Crippen LogP) is 4.53. The SMILES string of the molecule is C=CCN1CCC2(c3cccc(OC)c3)CC(NC(=O)/C=C/c3cccc(O)c3)CCC2C1. The van der Waals surface area contributed by atoms with Crippen molar-refractivity contribution in [2.24, 2.45) is 5.92 Å². The fraction of sp³-hybridized carbons (Fsp3) is 0.393. The van der Waals surface area contributed by atoms with Gasteiger partial charge in [-0.15, -0.1) is 6.58 Å². The number of hydrogen-bond acceptors (Lipinski definition) is 4. The second-order valence-electron chi connectivity index (χ2n) is 9.30. The molecule has 1 amide bonds. The Morgan fingerprint density at radius 2 is 2.12 bits per heavy atom. The number of aromatic hydroxyl groups is 1. The molecule has 1 heterocycles. The summed E-state index contributed by atoms with van der Waals surface area (Å²) < 4.78 is 5.54. The van der Waals surface area contributed by atoms with Crippen molar-refractivity contribution in [2.75, 3.05) is 26.7 Å². The quantitative estimate of drug-likeness (QED) is 0.485. The Balaban J connectivity index is 1.52. The number of methoxy groups -OCH3 is 1. The topological polar surface area (TPSA) is 61.8 Å². The van der Waals surface area contributed by atoms with Crippen molar-refractivity contribution in [1.82, 2.24) is 10.2 Å². The number of fused-ring (bicyclic) bond motifs is 1. The van der Waals surface area contributed by atoms with Crippen molar-refractivity contribution in [1.29, 1.82) is 0 Å². The molecule has 0 aromatic heterocycles. The maximum atomic E-state index is 12.7. The number of nitrogens with one attached hydrogen (secondary N) is 1. The molecule has 1 saturated heterocycles. The summed E-state index contributed by atoms with van der Waals surface area (Å²) in [6.45, 7) is 6.92. The summed E-state index contributed by atoms with van der Waals surface area (Å²) in [4.78, 5) is 15.2. The molecule has 33 heavy (non-hydrogen) atoms. The molecule has 3 atom stereocenters. The first-order chi connectivity index (χ1) is 16.0. The summed E-state index contributed by atoms with van der Waals surface area (Å²) in [6, 6.07) is 15.5. The molecule has 2 fully saturated rings. The van der Waals surface area contributed by atoms with Gasteiger partial charge in [-0.05, 0) is 79.6 Å². The highest BCUT2D eigenvalue weighted by atomic mass is 16.5. The number of carbonyl (C=O) groups excluding carboxylic acids is 1. The molecule has 2 N–H and O–H groups in total. The molecule has 0 spiro atoms. The first kappa shape index (κ1) is 23.1. The van der Waals surface area contributed by atoms with E-state index in [2.05, 4.69) is 35.0 Å². The van der Waals surface area contributed by atoms with Crippen LogP contribution in [0, 0.1) is 5.92 Å². The molecule has 1 saturated carbocycles. The lowest BCUT2D eigenvalue weighted by molar-refractivity contribution is -0.117. The molecular weight excluding hydrogens is 412 g/mol. The van der Waals surface area contributed by atoms with Gasteiger partial charge in [-0.2, -0.15) is 0 Å². The number of phenols is 1. The van der Waals surface area contributed by atoms with Crippen LogP contribution in [-0.2, 0) is 10.2 Å². The van der Waals surface area contributed by atoms with Gasteiger partial charge < -0.3 is 15.2 Å². The number of benzene rings is 2. The molecule has 5 nitrogen and oxygen atoms in total. The maximum Gasteiger partial charge on any atom is 0.244 e. The van der Waals surface area contributed by atoms with Gasteiger partial charge in [0.25, 0.3) is 0 Å². The normalized spacial score (nSPS) is 25.4. The molecule has 1 aliphatic heterocycles. The minimum Gasteiger partial charge on any atom is -0.508 e. The first-order valence-electron chi connectivity index (χ1n) is 11.8. The third kappa shape index (κ3) is 5.31. The van der Waals surface area contributed by atoms with Crippen LogP contribution >= 0.6 is 0 Å². The molecule has 0 radical (unpaired) electrons. The predicted molar refractivity (Wildman–Crippen MR) is 132 cm³/mol. The monoisotopic (exact) mass is 446 g/mol.